The van der Waals surface area contributed by atoms with Gasteiger partial charge < -0.3 is 5.32 Å². The maximum Gasteiger partial charge on any atom is 0.178 e. The van der Waals surface area contributed by atoms with Crippen molar-refractivity contribution in [3.8, 4) is 0 Å². The maximum atomic E-state index is 12.0. The van der Waals surface area contributed by atoms with Crippen LogP contribution in [0.1, 0.15) is 31.1 Å². The molecule has 18 heavy (non-hydrogen) atoms. The number of Topliss-reactive ketones (excluding diaryl/α,β-unsaturated/α-hetero) is 1. The molecule has 2 aromatic rings. The molecule has 0 saturated heterocycles. The smallest absolute Gasteiger partial charge is 0.178 e. The first-order valence-electron chi connectivity index (χ1n) is 6.09. The highest BCUT2D eigenvalue weighted by Gasteiger charge is 2.13. The highest BCUT2D eigenvalue weighted by molar-refractivity contribution is 6.00. The summed E-state index contributed by atoms with van der Waals surface area (Å²) < 4.78 is 0. The molecule has 0 bridgehead atoms. The monoisotopic (exact) mass is 242 g/mol. The Morgan fingerprint density at radius 1 is 1.28 bits per heavy atom. The number of carbonyl (C=O) groups excluding carboxylic acids is 1. The maximum absolute atomic E-state index is 12.0. The number of carbonyl (C=O) groups is 1. The minimum atomic E-state index is -0.0556. The second-order valence-corrected chi connectivity index (χ2v) is 5.44. The second-order valence-electron chi connectivity index (χ2n) is 5.44. The number of pyridine rings is 1. The number of nitrogens with zero attached hydrogens (tertiary/aromatic N) is 1. The fourth-order valence-electron chi connectivity index (χ4n) is 1.67. The van der Waals surface area contributed by atoms with Crippen LogP contribution in [0.2, 0.25) is 0 Å². The standard InChI is InChI=1S/C15H18N2O/c1-15(2,3)17-10-14(18)12-8-11-6-4-5-7-13(11)16-9-12/h4-9,17H,10H2,1-3H3. The first-order chi connectivity index (χ1) is 8.46. The van der Waals surface area contributed by atoms with E-state index >= 15 is 0 Å². The Kier molecular flexibility index (Phi) is 3.43. The molecule has 94 valence electrons. The Morgan fingerprint density at radius 2 is 2.00 bits per heavy atom. The van der Waals surface area contributed by atoms with Gasteiger partial charge in [-0.1, -0.05) is 18.2 Å². The summed E-state index contributed by atoms with van der Waals surface area (Å²) in [6.07, 6.45) is 1.65. The molecule has 1 aromatic heterocycles. The van der Waals surface area contributed by atoms with E-state index in [1.807, 2.05) is 51.1 Å². The van der Waals surface area contributed by atoms with Crippen LogP contribution in [0.25, 0.3) is 10.9 Å². The van der Waals surface area contributed by atoms with Gasteiger partial charge in [0, 0.05) is 22.7 Å². The second kappa shape index (κ2) is 4.86. The molecule has 0 atom stereocenters. The van der Waals surface area contributed by atoms with Crippen LogP contribution in [0, 0.1) is 0 Å². The minimum Gasteiger partial charge on any atom is -0.305 e. The molecule has 1 N–H and O–H groups in total. The summed E-state index contributed by atoms with van der Waals surface area (Å²) in [7, 11) is 0. The Labute approximate surface area is 107 Å². The van der Waals surface area contributed by atoms with Gasteiger partial charge in [-0.15, -0.1) is 0 Å². The molecule has 3 nitrogen and oxygen atoms in total. The van der Waals surface area contributed by atoms with Crippen LogP contribution in [0.3, 0.4) is 0 Å². The molecule has 0 unspecified atom stereocenters. The van der Waals surface area contributed by atoms with Crippen molar-refractivity contribution in [1.29, 1.82) is 0 Å². The zero-order chi connectivity index (χ0) is 13.2. The number of para-hydroxylation sites is 1. The van der Waals surface area contributed by atoms with E-state index in [2.05, 4.69) is 10.3 Å². The van der Waals surface area contributed by atoms with Crippen LogP contribution in [0.4, 0.5) is 0 Å². The largest absolute Gasteiger partial charge is 0.305 e. The molecule has 0 fully saturated rings. The van der Waals surface area contributed by atoms with Crippen LogP contribution in [0.5, 0.6) is 0 Å². The van der Waals surface area contributed by atoms with Crippen molar-refractivity contribution in [2.75, 3.05) is 6.54 Å². The van der Waals surface area contributed by atoms with Gasteiger partial charge in [-0.25, -0.2) is 0 Å². The predicted molar refractivity (Wildman–Crippen MR) is 73.8 cm³/mol. The third-order valence-electron chi connectivity index (χ3n) is 2.69. The highest BCUT2D eigenvalue weighted by atomic mass is 16.1. The molecular formula is C15H18N2O. The minimum absolute atomic E-state index is 0.0556. The molecule has 1 aromatic carbocycles. The fraction of sp³-hybridized carbons (Fsp3) is 0.333. The van der Waals surface area contributed by atoms with Crippen LogP contribution in [-0.4, -0.2) is 22.9 Å². The van der Waals surface area contributed by atoms with Crippen LogP contribution in [-0.2, 0) is 0 Å². The number of nitrogens with one attached hydrogen (secondary N) is 1. The van der Waals surface area contributed by atoms with E-state index in [0.717, 1.165) is 10.9 Å². The molecule has 0 aliphatic heterocycles. The fourth-order valence-corrected chi connectivity index (χ4v) is 1.67. The molecule has 0 saturated carbocycles. The van der Waals surface area contributed by atoms with Crippen LogP contribution < -0.4 is 5.32 Å². The van der Waals surface area contributed by atoms with Crippen molar-refractivity contribution in [1.82, 2.24) is 10.3 Å². The van der Waals surface area contributed by atoms with E-state index in [4.69, 9.17) is 0 Å². The lowest BCUT2D eigenvalue weighted by molar-refractivity contribution is 0.0982. The molecular weight excluding hydrogens is 224 g/mol. The van der Waals surface area contributed by atoms with E-state index in [0.29, 0.717) is 12.1 Å². The van der Waals surface area contributed by atoms with E-state index in [-0.39, 0.29) is 11.3 Å². The number of hydrogen-bond donors (Lipinski definition) is 1. The Balaban J connectivity index is 2.18. The average Bonchev–Trinajstić information content (AvgIpc) is 2.34. The third kappa shape index (κ3) is 3.14. The van der Waals surface area contributed by atoms with Crippen molar-refractivity contribution < 1.29 is 4.79 Å². The van der Waals surface area contributed by atoms with E-state index in [1.165, 1.54) is 0 Å². The zero-order valence-electron chi connectivity index (χ0n) is 11.0. The van der Waals surface area contributed by atoms with E-state index < -0.39 is 0 Å². The summed E-state index contributed by atoms with van der Waals surface area (Å²) in [6, 6.07) is 9.70. The van der Waals surface area contributed by atoms with Crippen LogP contribution >= 0.6 is 0 Å². The lowest BCUT2D eigenvalue weighted by Gasteiger charge is -2.19. The van der Waals surface area contributed by atoms with Crippen molar-refractivity contribution in [3.05, 3.63) is 42.1 Å². The first-order valence-corrected chi connectivity index (χ1v) is 6.09. The molecule has 0 aliphatic carbocycles. The van der Waals surface area contributed by atoms with Crippen molar-refractivity contribution in [3.63, 3.8) is 0 Å². The SMILES string of the molecule is CC(C)(C)NCC(=O)c1cnc2ccccc2c1. The lowest BCUT2D eigenvalue weighted by Crippen LogP contribution is -2.39. The Morgan fingerprint density at radius 3 is 2.72 bits per heavy atom. The van der Waals surface area contributed by atoms with E-state index in [1.54, 1.807) is 6.20 Å². The van der Waals surface area contributed by atoms with Gasteiger partial charge in [-0.3, -0.25) is 9.78 Å². The Bertz CT molecular complexity index is 570. The van der Waals surface area contributed by atoms with Gasteiger partial charge in [0.25, 0.3) is 0 Å². The third-order valence-corrected chi connectivity index (χ3v) is 2.69. The molecule has 0 aliphatic rings. The number of fused-ring (bicyclic) bond motifs is 1. The summed E-state index contributed by atoms with van der Waals surface area (Å²) in [5, 5.41) is 4.19. The number of hydrogen-bond acceptors (Lipinski definition) is 3. The number of rotatable bonds is 3. The van der Waals surface area contributed by atoms with Gasteiger partial charge >= 0.3 is 0 Å². The summed E-state index contributed by atoms with van der Waals surface area (Å²) in [5.74, 6) is 0.0724. The van der Waals surface area contributed by atoms with Gasteiger partial charge in [0.1, 0.15) is 0 Å². The number of benzene rings is 1. The Hall–Kier alpha value is -1.74. The normalized spacial score (nSPS) is 11.7. The van der Waals surface area contributed by atoms with Crippen LogP contribution in [0.15, 0.2) is 36.5 Å². The average molecular weight is 242 g/mol. The summed E-state index contributed by atoms with van der Waals surface area (Å²) in [6.45, 7) is 6.46. The highest BCUT2D eigenvalue weighted by Crippen LogP contribution is 2.13. The quantitative estimate of drug-likeness (QED) is 0.841. The number of aromatic nitrogens is 1. The summed E-state index contributed by atoms with van der Waals surface area (Å²) in [4.78, 5) is 16.3. The summed E-state index contributed by atoms with van der Waals surface area (Å²) >= 11 is 0. The number of ketones is 1. The molecule has 1 heterocycles. The van der Waals surface area contributed by atoms with E-state index in [9.17, 15) is 4.79 Å². The lowest BCUT2D eigenvalue weighted by atomic mass is 10.1. The van der Waals surface area contributed by atoms with Crippen molar-refractivity contribution >= 4 is 16.7 Å². The molecule has 3 heteroatoms. The van der Waals surface area contributed by atoms with Crippen molar-refractivity contribution in [2.24, 2.45) is 0 Å². The van der Waals surface area contributed by atoms with Gasteiger partial charge in [-0.05, 0) is 32.9 Å². The molecule has 2 rings (SSSR count). The topological polar surface area (TPSA) is 42.0 Å². The van der Waals surface area contributed by atoms with Crippen molar-refractivity contribution in [2.45, 2.75) is 26.3 Å². The van der Waals surface area contributed by atoms with Gasteiger partial charge in [0.15, 0.2) is 5.78 Å². The van der Waals surface area contributed by atoms with Gasteiger partial charge in [-0.2, -0.15) is 0 Å². The predicted octanol–water partition coefficient (Wildman–Crippen LogP) is 2.81. The molecule has 0 amide bonds. The first kappa shape index (κ1) is 12.7. The summed E-state index contributed by atoms with van der Waals surface area (Å²) in [5.41, 5.74) is 1.52. The molecule has 0 spiro atoms. The van der Waals surface area contributed by atoms with Gasteiger partial charge in [0.2, 0.25) is 0 Å². The molecule has 0 radical (unpaired) electrons. The zero-order valence-corrected chi connectivity index (χ0v) is 11.0. The van der Waals surface area contributed by atoms with Gasteiger partial charge in [0.05, 0.1) is 12.1 Å².